The van der Waals surface area contributed by atoms with Crippen molar-refractivity contribution in [2.45, 2.75) is 25.7 Å². The fraction of sp³-hybridized carbons (Fsp3) is 0.412. The van der Waals surface area contributed by atoms with Gasteiger partial charge < -0.3 is 5.32 Å². The zero-order chi connectivity index (χ0) is 14.5. The highest BCUT2D eigenvalue weighted by Crippen LogP contribution is 2.25. The Morgan fingerprint density at radius 1 is 1.05 bits per heavy atom. The Labute approximate surface area is 124 Å². The Hall–Kier alpha value is -1.81. The van der Waals surface area contributed by atoms with Gasteiger partial charge in [-0.2, -0.15) is 0 Å². The zero-order valence-electron chi connectivity index (χ0n) is 12.1. The van der Waals surface area contributed by atoms with Crippen LogP contribution in [0.25, 0.3) is 11.3 Å². The van der Waals surface area contributed by atoms with E-state index in [1.54, 1.807) is 24.5 Å². The van der Waals surface area contributed by atoms with Gasteiger partial charge in [0.25, 0.3) is 0 Å². The van der Waals surface area contributed by atoms with Gasteiger partial charge in [0.2, 0.25) is 0 Å². The molecule has 2 heterocycles. The summed E-state index contributed by atoms with van der Waals surface area (Å²) in [6, 6.07) is 6.50. The summed E-state index contributed by atoms with van der Waals surface area (Å²) in [5.41, 5.74) is 2.84. The summed E-state index contributed by atoms with van der Waals surface area (Å²) in [5.74, 6) is 0.426. The number of halogens is 1. The van der Waals surface area contributed by atoms with E-state index in [4.69, 9.17) is 0 Å². The first-order valence-electron chi connectivity index (χ1n) is 7.59. The number of nitrogens with one attached hydrogen (secondary N) is 1. The third-order valence-electron chi connectivity index (χ3n) is 4.07. The summed E-state index contributed by atoms with van der Waals surface area (Å²) < 4.78 is 13.1. The van der Waals surface area contributed by atoms with Crippen LogP contribution in [0.15, 0.2) is 36.7 Å². The molecule has 1 N–H and O–H groups in total. The van der Waals surface area contributed by atoms with Gasteiger partial charge in [-0.1, -0.05) is 0 Å². The van der Waals surface area contributed by atoms with Gasteiger partial charge in [0, 0.05) is 18.0 Å². The predicted molar refractivity (Wildman–Crippen MR) is 81.3 cm³/mol. The monoisotopic (exact) mass is 285 g/mol. The van der Waals surface area contributed by atoms with Crippen molar-refractivity contribution in [3.05, 3.63) is 48.2 Å². The van der Waals surface area contributed by atoms with E-state index >= 15 is 0 Å². The lowest BCUT2D eigenvalue weighted by Crippen LogP contribution is -2.15. The van der Waals surface area contributed by atoms with E-state index in [-0.39, 0.29) is 5.82 Å². The third-order valence-corrected chi connectivity index (χ3v) is 4.07. The first-order chi connectivity index (χ1) is 10.3. The van der Waals surface area contributed by atoms with Crippen molar-refractivity contribution in [3.63, 3.8) is 0 Å². The maximum absolute atomic E-state index is 13.1. The smallest absolute Gasteiger partial charge is 0.123 e. The van der Waals surface area contributed by atoms with Crippen LogP contribution < -0.4 is 5.32 Å². The van der Waals surface area contributed by atoms with Crippen molar-refractivity contribution in [1.82, 2.24) is 15.3 Å². The second-order valence-corrected chi connectivity index (χ2v) is 5.61. The van der Waals surface area contributed by atoms with Gasteiger partial charge >= 0.3 is 0 Å². The molecule has 0 aliphatic carbocycles. The number of hydrogen-bond donors (Lipinski definition) is 1. The summed E-state index contributed by atoms with van der Waals surface area (Å²) in [6.07, 6.45) is 8.03. The summed E-state index contributed by atoms with van der Waals surface area (Å²) >= 11 is 0. The largest absolute Gasteiger partial charge is 0.317 e. The predicted octanol–water partition coefficient (Wildman–Crippen LogP) is 3.21. The zero-order valence-corrected chi connectivity index (χ0v) is 12.1. The molecule has 110 valence electrons. The van der Waals surface area contributed by atoms with Gasteiger partial charge in [-0.25, -0.2) is 4.39 Å². The molecular weight excluding hydrogens is 265 g/mol. The van der Waals surface area contributed by atoms with Crippen molar-refractivity contribution < 1.29 is 4.39 Å². The maximum atomic E-state index is 13.1. The van der Waals surface area contributed by atoms with E-state index in [9.17, 15) is 4.39 Å². The molecule has 21 heavy (non-hydrogen) atoms. The third kappa shape index (κ3) is 3.64. The van der Waals surface area contributed by atoms with Crippen molar-refractivity contribution in [2.24, 2.45) is 5.92 Å². The lowest BCUT2D eigenvalue weighted by Gasteiger charge is -2.15. The molecule has 0 spiro atoms. The van der Waals surface area contributed by atoms with Crippen molar-refractivity contribution in [2.75, 3.05) is 13.1 Å². The number of rotatable bonds is 3. The molecule has 1 saturated heterocycles. The Morgan fingerprint density at radius 2 is 1.86 bits per heavy atom. The Balaban J connectivity index is 1.83. The first-order valence-corrected chi connectivity index (χ1v) is 7.59. The molecule has 0 saturated carbocycles. The molecular formula is C17H20FN3. The van der Waals surface area contributed by atoms with Gasteiger partial charge in [0.1, 0.15) is 5.82 Å². The molecule has 1 fully saturated rings. The van der Waals surface area contributed by atoms with Crippen molar-refractivity contribution in [3.8, 4) is 11.3 Å². The number of hydrogen-bond acceptors (Lipinski definition) is 3. The fourth-order valence-corrected chi connectivity index (χ4v) is 2.93. The second kappa shape index (κ2) is 6.76. The highest BCUT2D eigenvalue weighted by Gasteiger charge is 2.16. The molecule has 1 aromatic carbocycles. The summed E-state index contributed by atoms with van der Waals surface area (Å²) in [5, 5.41) is 3.44. The van der Waals surface area contributed by atoms with Crippen LogP contribution in [-0.4, -0.2) is 23.1 Å². The molecule has 1 aliphatic rings. The molecule has 0 unspecified atom stereocenters. The van der Waals surface area contributed by atoms with Crippen LogP contribution in [0.3, 0.4) is 0 Å². The van der Waals surface area contributed by atoms with Gasteiger partial charge in [-0.05, 0) is 69.0 Å². The van der Waals surface area contributed by atoms with E-state index in [2.05, 4.69) is 15.3 Å². The van der Waals surface area contributed by atoms with Crippen molar-refractivity contribution >= 4 is 0 Å². The van der Waals surface area contributed by atoms with E-state index < -0.39 is 0 Å². The average Bonchev–Trinajstić information content (AvgIpc) is 2.78. The van der Waals surface area contributed by atoms with Crippen LogP contribution >= 0.6 is 0 Å². The van der Waals surface area contributed by atoms with Gasteiger partial charge in [-0.3, -0.25) is 9.97 Å². The van der Waals surface area contributed by atoms with Crippen LogP contribution in [0.4, 0.5) is 4.39 Å². The second-order valence-electron chi connectivity index (χ2n) is 5.61. The molecule has 0 amide bonds. The molecule has 0 bridgehead atoms. The average molecular weight is 285 g/mol. The van der Waals surface area contributed by atoms with E-state index in [1.807, 2.05) is 0 Å². The standard InChI is InChI=1S/C17H20FN3/c18-15-5-3-14(4-6-15)17-16(20-10-11-21-17)12-13-2-1-8-19-9-7-13/h3-6,10-11,13,19H,1-2,7-9,12H2/t13-/m1/s1. The molecule has 1 aromatic heterocycles. The van der Waals surface area contributed by atoms with Gasteiger partial charge in [0.05, 0.1) is 11.4 Å². The fourth-order valence-electron chi connectivity index (χ4n) is 2.93. The molecule has 0 radical (unpaired) electrons. The van der Waals surface area contributed by atoms with Crippen LogP contribution in [0.1, 0.15) is 25.0 Å². The number of aromatic nitrogens is 2. The lowest BCUT2D eigenvalue weighted by atomic mass is 9.93. The van der Waals surface area contributed by atoms with Crippen LogP contribution in [0.2, 0.25) is 0 Å². The quantitative estimate of drug-likeness (QED) is 0.941. The molecule has 3 nitrogen and oxygen atoms in total. The normalized spacial score (nSPS) is 19.2. The van der Waals surface area contributed by atoms with Gasteiger partial charge in [-0.15, -0.1) is 0 Å². The molecule has 4 heteroatoms. The molecule has 1 aliphatic heterocycles. The maximum Gasteiger partial charge on any atom is 0.123 e. The van der Waals surface area contributed by atoms with Crippen LogP contribution in [0, 0.1) is 11.7 Å². The Kier molecular flexibility index (Phi) is 4.55. The minimum absolute atomic E-state index is 0.223. The first kappa shape index (κ1) is 14.1. The summed E-state index contributed by atoms with van der Waals surface area (Å²) in [4.78, 5) is 8.99. The summed E-state index contributed by atoms with van der Waals surface area (Å²) in [6.45, 7) is 2.19. The van der Waals surface area contributed by atoms with Crippen molar-refractivity contribution in [1.29, 1.82) is 0 Å². The topological polar surface area (TPSA) is 37.8 Å². The minimum Gasteiger partial charge on any atom is -0.317 e. The number of benzene rings is 1. The van der Waals surface area contributed by atoms with Gasteiger partial charge in [0.15, 0.2) is 0 Å². The Bertz CT molecular complexity index is 575. The van der Waals surface area contributed by atoms with Crippen LogP contribution in [-0.2, 0) is 6.42 Å². The van der Waals surface area contributed by atoms with E-state index in [0.29, 0.717) is 5.92 Å². The lowest BCUT2D eigenvalue weighted by molar-refractivity contribution is 0.465. The highest BCUT2D eigenvalue weighted by atomic mass is 19.1. The SMILES string of the molecule is Fc1ccc(-c2nccnc2C[C@@H]2CCCNCC2)cc1. The summed E-state index contributed by atoms with van der Waals surface area (Å²) in [7, 11) is 0. The minimum atomic E-state index is -0.223. The van der Waals surface area contributed by atoms with E-state index in [0.717, 1.165) is 36.5 Å². The highest BCUT2D eigenvalue weighted by molar-refractivity contribution is 5.61. The number of nitrogens with zero attached hydrogens (tertiary/aromatic N) is 2. The van der Waals surface area contributed by atoms with E-state index in [1.165, 1.54) is 31.4 Å². The molecule has 1 atom stereocenters. The molecule has 3 rings (SSSR count). The molecule has 2 aromatic rings. The van der Waals surface area contributed by atoms with Crippen LogP contribution in [0.5, 0.6) is 0 Å². The Morgan fingerprint density at radius 3 is 2.71 bits per heavy atom.